The van der Waals surface area contributed by atoms with Gasteiger partial charge in [-0.05, 0) is 6.07 Å². The number of aromatic nitrogens is 2. The second kappa shape index (κ2) is 3.71. The minimum absolute atomic E-state index is 0.325. The van der Waals surface area contributed by atoms with Gasteiger partial charge in [0.25, 0.3) is 0 Å². The Bertz CT molecular complexity index is 685. The molecule has 17 heavy (non-hydrogen) atoms. The first-order valence-electron chi connectivity index (χ1n) is 5.02. The average Bonchev–Trinajstić information content (AvgIpc) is 2.89. The predicted octanol–water partition coefficient (Wildman–Crippen LogP) is 2.99. The monoisotopic (exact) mass is 244 g/mol. The van der Waals surface area contributed by atoms with Gasteiger partial charge in [-0.25, -0.2) is 4.79 Å². The molecule has 0 aliphatic heterocycles. The fourth-order valence-corrected chi connectivity index (χ4v) is 2.58. The number of hydrogen-bond acceptors (Lipinski definition) is 3. The summed E-state index contributed by atoms with van der Waals surface area (Å²) in [4.78, 5) is 12.0. The van der Waals surface area contributed by atoms with Gasteiger partial charge in [-0.3, -0.25) is 5.10 Å². The summed E-state index contributed by atoms with van der Waals surface area (Å²) in [5, 5.41) is 16.9. The number of rotatable bonds is 2. The van der Waals surface area contributed by atoms with Crippen LogP contribution in [0.4, 0.5) is 0 Å². The number of benzene rings is 1. The van der Waals surface area contributed by atoms with Crippen LogP contribution < -0.4 is 0 Å². The molecule has 1 aromatic carbocycles. The van der Waals surface area contributed by atoms with Crippen molar-refractivity contribution in [2.45, 2.75) is 0 Å². The normalized spacial score (nSPS) is 10.8. The van der Waals surface area contributed by atoms with Crippen molar-refractivity contribution in [3.8, 4) is 11.3 Å². The Morgan fingerprint density at radius 2 is 2.06 bits per heavy atom. The highest BCUT2D eigenvalue weighted by molar-refractivity contribution is 7.20. The molecule has 2 N–H and O–H groups in total. The first kappa shape index (κ1) is 10.0. The zero-order valence-corrected chi connectivity index (χ0v) is 9.49. The first-order valence-corrected chi connectivity index (χ1v) is 5.84. The van der Waals surface area contributed by atoms with Crippen LogP contribution in [0.2, 0.25) is 0 Å². The van der Waals surface area contributed by atoms with E-state index in [0.29, 0.717) is 4.88 Å². The summed E-state index contributed by atoms with van der Waals surface area (Å²) in [6, 6.07) is 11.4. The number of nitrogens with zero attached hydrogens (tertiary/aromatic N) is 1. The third kappa shape index (κ3) is 1.60. The predicted molar refractivity (Wildman–Crippen MR) is 66.4 cm³/mol. The van der Waals surface area contributed by atoms with Crippen LogP contribution in [0.15, 0.2) is 36.4 Å². The van der Waals surface area contributed by atoms with Gasteiger partial charge in [0.1, 0.15) is 15.4 Å². The number of aromatic carboxylic acids is 1. The van der Waals surface area contributed by atoms with E-state index in [9.17, 15) is 4.79 Å². The summed E-state index contributed by atoms with van der Waals surface area (Å²) in [6.07, 6.45) is 0. The highest BCUT2D eigenvalue weighted by Crippen LogP contribution is 2.31. The Balaban J connectivity index is 2.21. The smallest absolute Gasteiger partial charge is 0.345 e. The van der Waals surface area contributed by atoms with E-state index in [4.69, 9.17) is 5.11 Å². The van der Waals surface area contributed by atoms with Gasteiger partial charge in [0, 0.05) is 10.9 Å². The highest BCUT2D eigenvalue weighted by atomic mass is 32.1. The summed E-state index contributed by atoms with van der Waals surface area (Å²) < 4.78 is 0. The molecule has 2 heterocycles. The maximum absolute atomic E-state index is 10.9. The molecule has 3 aromatic rings. The summed E-state index contributed by atoms with van der Waals surface area (Å²) >= 11 is 1.20. The van der Waals surface area contributed by atoms with Crippen LogP contribution in [0.1, 0.15) is 9.67 Å². The van der Waals surface area contributed by atoms with Crippen molar-refractivity contribution in [2.24, 2.45) is 0 Å². The fourth-order valence-electron chi connectivity index (χ4n) is 1.74. The van der Waals surface area contributed by atoms with Crippen molar-refractivity contribution in [1.82, 2.24) is 10.2 Å². The van der Waals surface area contributed by atoms with Crippen LogP contribution in [0, 0.1) is 0 Å². The molecule has 0 aliphatic rings. The lowest BCUT2D eigenvalue weighted by molar-refractivity contribution is 0.0702. The van der Waals surface area contributed by atoms with E-state index in [2.05, 4.69) is 10.2 Å². The van der Waals surface area contributed by atoms with E-state index in [1.165, 1.54) is 11.3 Å². The van der Waals surface area contributed by atoms with Gasteiger partial charge in [0.2, 0.25) is 0 Å². The van der Waals surface area contributed by atoms with Gasteiger partial charge in [-0.2, -0.15) is 5.10 Å². The maximum atomic E-state index is 10.9. The van der Waals surface area contributed by atoms with Gasteiger partial charge < -0.3 is 5.11 Å². The van der Waals surface area contributed by atoms with Crippen molar-refractivity contribution in [3.63, 3.8) is 0 Å². The molecule has 84 valence electrons. The number of thiophene rings is 1. The van der Waals surface area contributed by atoms with Crippen LogP contribution in [-0.4, -0.2) is 21.3 Å². The molecular formula is C12H8N2O2S. The number of carboxylic acids is 1. The fraction of sp³-hybridized carbons (Fsp3) is 0. The van der Waals surface area contributed by atoms with Gasteiger partial charge in [0.05, 0.1) is 0 Å². The molecule has 0 bridgehead atoms. The molecule has 4 nitrogen and oxygen atoms in total. The van der Waals surface area contributed by atoms with Crippen molar-refractivity contribution < 1.29 is 9.90 Å². The Labute approximate surface area is 101 Å². The third-order valence-electron chi connectivity index (χ3n) is 2.51. The molecule has 0 spiro atoms. The van der Waals surface area contributed by atoms with Gasteiger partial charge in [0.15, 0.2) is 0 Å². The molecule has 0 radical (unpaired) electrons. The molecule has 0 fully saturated rings. The van der Waals surface area contributed by atoms with Crippen LogP contribution >= 0.6 is 11.3 Å². The summed E-state index contributed by atoms with van der Waals surface area (Å²) in [6.45, 7) is 0. The number of carbonyl (C=O) groups is 1. The third-order valence-corrected chi connectivity index (χ3v) is 3.54. The number of hydrogen-bond donors (Lipinski definition) is 2. The quantitative estimate of drug-likeness (QED) is 0.728. The maximum Gasteiger partial charge on any atom is 0.345 e. The highest BCUT2D eigenvalue weighted by Gasteiger charge is 2.14. The van der Waals surface area contributed by atoms with E-state index in [1.807, 2.05) is 30.3 Å². The Kier molecular flexibility index (Phi) is 2.19. The molecule has 0 saturated heterocycles. The summed E-state index contributed by atoms with van der Waals surface area (Å²) in [5.41, 5.74) is 1.78. The summed E-state index contributed by atoms with van der Waals surface area (Å²) in [5.74, 6) is -0.904. The van der Waals surface area contributed by atoms with Crippen molar-refractivity contribution in [1.29, 1.82) is 0 Å². The lowest BCUT2D eigenvalue weighted by Crippen LogP contribution is -1.90. The zero-order chi connectivity index (χ0) is 11.8. The minimum Gasteiger partial charge on any atom is -0.477 e. The van der Waals surface area contributed by atoms with E-state index in [0.717, 1.165) is 21.5 Å². The van der Waals surface area contributed by atoms with Gasteiger partial charge >= 0.3 is 5.97 Å². The largest absolute Gasteiger partial charge is 0.477 e. The van der Waals surface area contributed by atoms with Gasteiger partial charge in [-0.15, -0.1) is 11.3 Å². The number of carboxylic acid groups (broad SMARTS) is 1. The standard InChI is InChI=1S/C12H8N2O2S/c15-12(16)9-6-8-10(13-14-11(8)17-9)7-4-2-1-3-5-7/h1-6H,(H,13,14)(H,15,16). The molecule has 0 amide bonds. The minimum atomic E-state index is -0.904. The van der Waals surface area contributed by atoms with Crippen molar-refractivity contribution in [3.05, 3.63) is 41.3 Å². The van der Waals surface area contributed by atoms with Crippen LogP contribution in [0.3, 0.4) is 0 Å². The lowest BCUT2D eigenvalue weighted by atomic mass is 10.1. The molecule has 0 saturated carbocycles. The summed E-state index contributed by atoms with van der Waals surface area (Å²) in [7, 11) is 0. The SMILES string of the molecule is O=C(O)c1cc2c(-c3ccccc3)n[nH]c2s1. The zero-order valence-electron chi connectivity index (χ0n) is 8.68. The molecule has 5 heteroatoms. The van der Waals surface area contributed by atoms with E-state index in [-0.39, 0.29) is 0 Å². The van der Waals surface area contributed by atoms with Crippen LogP contribution in [-0.2, 0) is 0 Å². The van der Waals surface area contributed by atoms with E-state index in [1.54, 1.807) is 6.07 Å². The number of H-pyrrole nitrogens is 1. The number of fused-ring (bicyclic) bond motifs is 1. The Morgan fingerprint density at radius 1 is 1.29 bits per heavy atom. The van der Waals surface area contributed by atoms with Crippen LogP contribution in [0.25, 0.3) is 21.5 Å². The molecular weight excluding hydrogens is 236 g/mol. The number of aromatic amines is 1. The molecule has 3 rings (SSSR count). The molecule has 0 unspecified atom stereocenters. The van der Waals surface area contributed by atoms with Crippen molar-refractivity contribution >= 4 is 27.5 Å². The average molecular weight is 244 g/mol. The second-order valence-electron chi connectivity index (χ2n) is 3.60. The Morgan fingerprint density at radius 3 is 2.76 bits per heavy atom. The van der Waals surface area contributed by atoms with Crippen LogP contribution in [0.5, 0.6) is 0 Å². The van der Waals surface area contributed by atoms with E-state index < -0.39 is 5.97 Å². The van der Waals surface area contributed by atoms with Gasteiger partial charge in [-0.1, -0.05) is 30.3 Å². The lowest BCUT2D eigenvalue weighted by Gasteiger charge is -1.94. The Hall–Kier alpha value is -2.14. The number of nitrogens with one attached hydrogen (secondary N) is 1. The first-order chi connectivity index (χ1) is 8.25. The molecule has 2 aromatic heterocycles. The molecule has 0 atom stereocenters. The van der Waals surface area contributed by atoms with E-state index >= 15 is 0 Å². The molecule has 0 aliphatic carbocycles. The second-order valence-corrected chi connectivity index (χ2v) is 4.65. The van der Waals surface area contributed by atoms with Crippen molar-refractivity contribution in [2.75, 3.05) is 0 Å². The topological polar surface area (TPSA) is 66.0 Å².